The quantitative estimate of drug-likeness (QED) is 0.851. The van der Waals surface area contributed by atoms with Gasteiger partial charge < -0.3 is 13.9 Å². The summed E-state index contributed by atoms with van der Waals surface area (Å²) in [4.78, 5) is 23.3. The first-order chi connectivity index (χ1) is 10.1. The average molecular weight is 288 g/mol. The topological polar surface area (TPSA) is 64.2 Å². The maximum absolute atomic E-state index is 12.8. The minimum absolute atomic E-state index is 0.0352. The van der Waals surface area contributed by atoms with Crippen molar-refractivity contribution in [1.82, 2.24) is 19.4 Å². The molecule has 1 aliphatic rings. The van der Waals surface area contributed by atoms with Gasteiger partial charge in [-0.3, -0.25) is 4.79 Å². The summed E-state index contributed by atoms with van der Waals surface area (Å²) in [7, 11) is 0. The number of fused-ring (bicyclic) bond motifs is 1. The van der Waals surface area contributed by atoms with Crippen LogP contribution in [0.2, 0.25) is 0 Å². The van der Waals surface area contributed by atoms with Gasteiger partial charge in [0.15, 0.2) is 11.6 Å². The van der Waals surface area contributed by atoms with E-state index in [1.165, 1.54) is 6.26 Å². The first-order valence-corrected chi connectivity index (χ1v) is 7.32. The van der Waals surface area contributed by atoms with Crippen LogP contribution < -0.4 is 0 Å². The van der Waals surface area contributed by atoms with Crippen molar-refractivity contribution in [3.63, 3.8) is 0 Å². The van der Waals surface area contributed by atoms with Gasteiger partial charge in [0, 0.05) is 32.4 Å². The molecule has 3 heterocycles. The molecule has 0 bridgehead atoms. The number of oxazole rings is 1. The number of hydrogen-bond acceptors (Lipinski definition) is 4. The monoisotopic (exact) mass is 288 g/mol. The number of amides is 1. The molecule has 0 fully saturated rings. The van der Waals surface area contributed by atoms with Gasteiger partial charge in [-0.05, 0) is 12.3 Å². The Morgan fingerprint density at radius 3 is 2.90 bits per heavy atom. The van der Waals surface area contributed by atoms with Crippen LogP contribution in [0.15, 0.2) is 23.1 Å². The highest BCUT2D eigenvalue weighted by molar-refractivity contribution is 5.92. The molecular weight excluding hydrogens is 268 g/mol. The van der Waals surface area contributed by atoms with Crippen molar-refractivity contribution in [2.45, 2.75) is 39.8 Å². The minimum Gasteiger partial charge on any atom is -0.448 e. The summed E-state index contributed by atoms with van der Waals surface area (Å²) in [5, 5.41) is 0. The molecule has 0 aliphatic carbocycles. The molecule has 6 heteroatoms. The molecule has 0 radical (unpaired) electrons. The zero-order chi connectivity index (χ0) is 15.0. The second-order valence-corrected chi connectivity index (χ2v) is 5.77. The highest BCUT2D eigenvalue weighted by atomic mass is 16.3. The molecule has 2 aromatic rings. The Kier molecular flexibility index (Phi) is 3.53. The van der Waals surface area contributed by atoms with Crippen molar-refractivity contribution < 1.29 is 9.21 Å². The van der Waals surface area contributed by atoms with Gasteiger partial charge in [0.1, 0.15) is 12.1 Å². The summed E-state index contributed by atoms with van der Waals surface area (Å²) >= 11 is 0. The molecular formula is C15H20N4O2. The van der Waals surface area contributed by atoms with Crippen molar-refractivity contribution in [2.75, 3.05) is 6.54 Å². The Bertz CT molecular complexity index is 644. The van der Waals surface area contributed by atoms with Crippen molar-refractivity contribution >= 4 is 5.91 Å². The third kappa shape index (κ3) is 2.46. The summed E-state index contributed by atoms with van der Waals surface area (Å²) in [5.74, 6) is 1.66. The molecule has 1 amide bonds. The number of hydrogen-bond donors (Lipinski definition) is 0. The lowest BCUT2D eigenvalue weighted by molar-refractivity contribution is 0.0616. The number of carbonyl (C=O) groups excluding carboxylic acids is 1. The predicted octanol–water partition coefficient (Wildman–Crippen LogP) is 2.42. The van der Waals surface area contributed by atoms with E-state index in [0.29, 0.717) is 18.1 Å². The zero-order valence-corrected chi connectivity index (χ0v) is 12.6. The second kappa shape index (κ2) is 5.35. The van der Waals surface area contributed by atoms with Crippen molar-refractivity contribution in [2.24, 2.45) is 5.92 Å². The van der Waals surface area contributed by atoms with Gasteiger partial charge in [0.25, 0.3) is 5.91 Å². The van der Waals surface area contributed by atoms with Gasteiger partial charge in [-0.25, -0.2) is 9.97 Å². The van der Waals surface area contributed by atoms with Gasteiger partial charge in [0.2, 0.25) is 0 Å². The molecule has 21 heavy (non-hydrogen) atoms. The highest BCUT2D eigenvalue weighted by Gasteiger charge is 2.34. The summed E-state index contributed by atoms with van der Waals surface area (Å²) in [5.41, 5.74) is 0.373. The lowest BCUT2D eigenvalue weighted by atomic mass is 10.0. The third-order valence-corrected chi connectivity index (χ3v) is 3.88. The lowest BCUT2D eigenvalue weighted by Gasteiger charge is -2.31. The first-order valence-electron chi connectivity index (χ1n) is 7.32. The summed E-state index contributed by atoms with van der Waals surface area (Å²) < 4.78 is 7.32. The number of carbonyl (C=O) groups is 1. The van der Waals surface area contributed by atoms with E-state index in [0.717, 1.165) is 18.8 Å². The van der Waals surface area contributed by atoms with Crippen LogP contribution >= 0.6 is 0 Å². The van der Waals surface area contributed by atoms with E-state index in [1.807, 2.05) is 11.1 Å². The summed E-state index contributed by atoms with van der Waals surface area (Å²) in [6.45, 7) is 7.57. The van der Waals surface area contributed by atoms with Crippen LogP contribution in [0.1, 0.15) is 48.5 Å². The molecule has 6 nitrogen and oxygen atoms in total. The molecule has 1 aliphatic heterocycles. The maximum Gasteiger partial charge on any atom is 0.276 e. The molecule has 2 aromatic heterocycles. The van der Waals surface area contributed by atoms with Crippen LogP contribution in [0.5, 0.6) is 0 Å². The Morgan fingerprint density at radius 2 is 2.24 bits per heavy atom. The standard InChI is InChI=1S/C15H20N4O2/c1-10(2)13-14-16-5-8-18(14)6-4-7-19(13)15(20)12-9-21-11(3)17-12/h5,8-10,13H,4,6-7H2,1-3H3. The maximum atomic E-state index is 12.8. The Labute approximate surface area is 123 Å². The molecule has 0 saturated heterocycles. The van der Waals surface area contributed by atoms with Crippen LogP contribution in [0.3, 0.4) is 0 Å². The fourth-order valence-electron chi connectivity index (χ4n) is 2.96. The van der Waals surface area contributed by atoms with Gasteiger partial charge in [-0.2, -0.15) is 0 Å². The van der Waals surface area contributed by atoms with Crippen LogP contribution in [0.4, 0.5) is 0 Å². The van der Waals surface area contributed by atoms with E-state index < -0.39 is 0 Å². The normalized spacial score (nSPS) is 18.7. The van der Waals surface area contributed by atoms with Crippen LogP contribution in [0, 0.1) is 12.8 Å². The fourth-order valence-corrected chi connectivity index (χ4v) is 2.96. The van der Waals surface area contributed by atoms with Crippen LogP contribution in [-0.2, 0) is 6.54 Å². The van der Waals surface area contributed by atoms with Crippen molar-refractivity contribution in [1.29, 1.82) is 0 Å². The van der Waals surface area contributed by atoms with E-state index in [-0.39, 0.29) is 17.9 Å². The highest BCUT2D eigenvalue weighted by Crippen LogP contribution is 2.31. The molecule has 112 valence electrons. The number of imidazole rings is 1. The molecule has 3 rings (SSSR count). The predicted molar refractivity (Wildman–Crippen MR) is 76.7 cm³/mol. The smallest absolute Gasteiger partial charge is 0.276 e. The number of rotatable bonds is 2. The Balaban J connectivity index is 1.98. The SMILES string of the molecule is Cc1nc(C(=O)N2CCCn3ccnc3C2C(C)C)co1. The van der Waals surface area contributed by atoms with Crippen molar-refractivity contribution in [3.8, 4) is 0 Å². The minimum atomic E-state index is -0.0815. The molecule has 0 aromatic carbocycles. The van der Waals surface area contributed by atoms with Crippen LogP contribution in [0.25, 0.3) is 0 Å². The van der Waals surface area contributed by atoms with Crippen molar-refractivity contribution in [3.05, 3.63) is 36.1 Å². The number of aromatic nitrogens is 3. The number of nitrogens with zero attached hydrogens (tertiary/aromatic N) is 4. The fraction of sp³-hybridized carbons (Fsp3) is 0.533. The van der Waals surface area contributed by atoms with E-state index in [9.17, 15) is 4.79 Å². The van der Waals surface area contributed by atoms with E-state index in [4.69, 9.17) is 4.42 Å². The van der Waals surface area contributed by atoms with Crippen LogP contribution in [-0.4, -0.2) is 31.9 Å². The molecule has 0 N–H and O–H groups in total. The van der Waals surface area contributed by atoms with Gasteiger partial charge in [-0.15, -0.1) is 0 Å². The largest absolute Gasteiger partial charge is 0.448 e. The lowest BCUT2D eigenvalue weighted by Crippen LogP contribution is -2.38. The van der Waals surface area contributed by atoms with E-state index in [1.54, 1.807) is 13.1 Å². The first kappa shape index (κ1) is 13.9. The Hall–Kier alpha value is -2.11. The Morgan fingerprint density at radius 1 is 1.43 bits per heavy atom. The van der Waals surface area contributed by atoms with Gasteiger partial charge in [0.05, 0.1) is 6.04 Å². The number of aryl methyl sites for hydroxylation is 2. The molecule has 1 atom stereocenters. The van der Waals surface area contributed by atoms with Gasteiger partial charge >= 0.3 is 0 Å². The molecule has 0 saturated carbocycles. The summed E-state index contributed by atoms with van der Waals surface area (Å²) in [6.07, 6.45) is 6.14. The average Bonchev–Trinajstić information content (AvgIpc) is 3.02. The molecule has 0 spiro atoms. The van der Waals surface area contributed by atoms with E-state index in [2.05, 4.69) is 28.4 Å². The zero-order valence-electron chi connectivity index (χ0n) is 12.6. The second-order valence-electron chi connectivity index (χ2n) is 5.77. The van der Waals surface area contributed by atoms with Gasteiger partial charge in [-0.1, -0.05) is 13.8 Å². The third-order valence-electron chi connectivity index (χ3n) is 3.88. The van der Waals surface area contributed by atoms with E-state index >= 15 is 0 Å². The molecule has 1 unspecified atom stereocenters. The summed E-state index contributed by atoms with van der Waals surface area (Å²) in [6, 6.07) is -0.0352.